The van der Waals surface area contributed by atoms with Gasteiger partial charge in [0.2, 0.25) is 0 Å². The van der Waals surface area contributed by atoms with Gasteiger partial charge in [0.25, 0.3) is 5.91 Å². The zero-order valence-electron chi connectivity index (χ0n) is 21.2. The molecule has 2 aromatic carbocycles. The average molecular weight is 588 g/mol. The van der Waals surface area contributed by atoms with Gasteiger partial charge >= 0.3 is 149 Å². The summed E-state index contributed by atoms with van der Waals surface area (Å²) in [6.45, 7) is 1.70. The van der Waals surface area contributed by atoms with Gasteiger partial charge in [0.15, 0.2) is 0 Å². The van der Waals surface area contributed by atoms with Crippen LogP contribution in [0.4, 0.5) is 4.39 Å². The van der Waals surface area contributed by atoms with E-state index in [4.69, 9.17) is 10.3 Å². The number of hydrogen-bond acceptors (Lipinski definition) is 7. The smallest absolute Gasteiger partial charge is 0.231 e. The molecule has 5 rings (SSSR count). The first-order valence-corrected chi connectivity index (χ1v) is 12.8. The molecule has 0 fully saturated rings. The monoisotopic (exact) mass is 588 g/mol. The molecule has 0 saturated heterocycles. The van der Waals surface area contributed by atoms with E-state index in [-0.39, 0.29) is 40.8 Å². The van der Waals surface area contributed by atoms with E-state index in [1.807, 2.05) is 18.2 Å². The quantitative estimate of drug-likeness (QED) is 0.285. The molecule has 40 heavy (non-hydrogen) atoms. The second kappa shape index (κ2) is 11.3. The van der Waals surface area contributed by atoms with Gasteiger partial charge < -0.3 is 5.32 Å². The van der Waals surface area contributed by atoms with E-state index in [0.717, 1.165) is 28.6 Å². The fourth-order valence-electron chi connectivity index (χ4n) is 4.59. The van der Waals surface area contributed by atoms with E-state index in [1.54, 1.807) is 19.1 Å². The molecule has 0 radical (unpaired) electrons. The standard InChI is InChI=1S/C27H24FN7O4.Co/c1-15-8-16(2-6-20(15)28)11-30-26(37)22-10-23(32-13-31-22)27(38)33-21-7-4-17-9-18(3-5-19(17)21)25-34-39-14-35(25)12-24(29)36;/h2-3,5-6,8-10,13,21H,4,7,11-12H2,1H3,(H2,29,36)(H,30,37)(H,33,38);/t21-;/m0./s1. The molecule has 1 aliphatic rings. The number of fused-ring (bicyclic) bond motifs is 1. The minimum absolute atomic E-state index is 0.0377. The summed E-state index contributed by atoms with van der Waals surface area (Å²) in [6.07, 6.45) is 2.53. The molecule has 207 valence electrons. The molecule has 0 aliphatic heterocycles. The van der Waals surface area contributed by atoms with Gasteiger partial charge in [-0.1, -0.05) is 12.1 Å². The molecular formula is C27H24CoFN7O4. The number of hydrogen-bond donors (Lipinski definition) is 3. The van der Waals surface area contributed by atoms with Crippen LogP contribution in [0.3, 0.4) is 0 Å². The third kappa shape index (κ3) is 5.74. The third-order valence-corrected chi connectivity index (χ3v) is 6.94. The van der Waals surface area contributed by atoms with Crippen LogP contribution in [0.15, 0.2) is 53.3 Å². The van der Waals surface area contributed by atoms with Gasteiger partial charge in [0, 0.05) is 6.54 Å². The fourth-order valence-corrected chi connectivity index (χ4v) is 4.83. The third-order valence-electron chi connectivity index (χ3n) is 6.57. The first-order chi connectivity index (χ1) is 19.2. The number of nitrogens with zero attached hydrogens (tertiary/aromatic N) is 4. The van der Waals surface area contributed by atoms with E-state index >= 15 is 0 Å². The van der Waals surface area contributed by atoms with Crippen LogP contribution in [-0.2, 0) is 39.6 Å². The zero-order chi connectivity index (χ0) is 28.4. The Morgan fingerprint density at radius 3 is 2.65 bits per heavy atom. The molecule has 1 aliphatic carbocycles. The van der Waals surface area contributed by atoms with Crippen LogP contribution < -0.4 is 16.4 Å². The van der Waals surface area contributed by atoms with E-state index in [2.05, 4.69) is 41.1 Å². The molecule has 4 aromatic rings. The van der Waals surface area contributed by atoms with E-state index in [1.165, 1.54) is 16.7 Å². The Labute approximate surface area is 235 Å². The van der Waals surface area contributed by atoms with E-state index in [9.17, 15) is 18.8 Å². The van der Waals surface area contributed by atoms with Crippen molar-refractivity contribution in [3.63, 3.8) is 0 Å². The number of carbonyl (C=O) groups excluding carboxylic acids is 3. The van der Waals surface area contributed by atoms with Crippen molar-refractivity contribution in [2.24, 2.45) is 5.73 Å². The second-order valence-electron chi connectivity index (χ2n) is 9.33. The number of primary amides is 1. The van der Waals surface area contributed by atoms with Gasteiger partial charge in [0.1, 0.15) is 17.8 Å². The predicted octanol–water partition coefficient (Wildman–Crippen LogP) is 2.29. The second-order valence-corrected chi connectivity index (χ2v) is 9.77. The van der Waals surface area contributed by atoms with E-state index in [0.29, 0.717) is 24.2 Å². The van der Waals surface area contributed by atoms with Crippen LogP contribution in [0.5, 0.6) is 0 Å². The van der Waals surface area contributed by atoms with Crippen LogP contribution in [0.25, 0.3) is 11.4 Å². The maximum atomic E-state index is 13.5. The summed E-state index contributed by atoms with van der Waals surface area (Å²) in [5.74, 6) is -1.38. The van der Waals surface area contributed by atoms with Gasteiger partial charge in [0.05, 0.1) is 0 Å². The molecule has 0 saturated carbocycles. The molecule has 4 N–H and O–H groups in total. The van der Waals surface area contributed by atoms with Gasteiger partial charge in [-0.15, -0.1) is 0 Å². The number of amides is 3. The summed E-state index contributed by atoms with van der Waals surface area (Å²) >= 11 is 4.25. The number of aryl methyl sites for hydroxylation is 2. The van der Waals surface area contributed by atoms with Crippen molar-refractivity contribution < 1.29 is 38.6 Å². The summed E-state index contributed by atoms with van der Waals surface area (Å²) in [7, 11) is 0. The Balaban J connectivity index is 1.26. The zero-order valence-corrected chi connectivity index (χ0v) is 22.3. The van der Waals surface area contributed by atoms with Crippen molar-refractivity contribution >= 4 is 17.7 Å². The number of halogens is 1. The number of aromatic nitrogens is 4. The summed E-state index contributed by atoms with van der Waals surface area (Å²) in [5.41, 5.74) is 9.31. The van der Waals surface area contributed by atoms with Crippen LogP contribution in [0.2, 0.25) is 0 Å². The Hall–Kier alpha value is -4.49. The summed E-state index contributed by atoms with van der Waals surface area (Å²) < 4.78 is 20.2. The van der Waals surface area contributed by atoms with Crippen LogP contribution in [0.1, 0.15) is 55.7 Å². The number of nitrogens with one attached hydrogen (secondary N) is 2. The van der Waals surface area contributed by atoms with Gasteiger partial charge in [-0.2, -0.15) is 0 Å². The fraction of sp³-hybridized carbons (Fsp3) is 0.222. The van der Waals surface area contributed by atoms with Crippen molar-refractivity contribution in [1.29, 1.82) is 0 Å². The molecule has 11 nitrogen and oxygen atoms in total. The Morgan fingerprint density at radius 2 is 1.90 bits per heavy atom. The number of nitrogens with two attached hydrogens (primary N) is 1. The van der Waals surface area contributed by atoms with Gasteiger partial charge in [-0.05, 0) is 24.1 Å². The Morgan fingerprint density at radius 1 is 1.12 bits per heavy atom. The van der Waals surface area contributed by atoms with Crippen molar-refractivity contribution in [3.8, 4) is 11.4 Å². The maximum absolute atomic E-state index is 13.5. The number of rotatable bonds is 8. The molecule has 13 heteroatoms. The predicted molar refractivity (Wildman–Crippen MR) is 135 cm³/mol. The SMILES string of the molecule is Cc1cc(CNC(=O)c2cc(C(=O)N[C@H]3CCc4cc(-c5no[c](=[Co])n5CC(N)=O)ccc43)ncn2)ccc1F. The van der Waals surface area contributed by atoms with E-state index < -0.39 is 17.7 Å². The van der Waals surface area contributed by atoms with Crippen molar-refractivity contribution in [2.75, 3.05) is 0 Å². The molecule has 0 bridgehead atoms. The minimum atomic E-state index is -0.555. The molecule has 3 amide bonds. The molecule has 2 heterocycles. The average Bonchev–Trinajstić information content (AvgIpc) is 3.51. The van der Waals surface area contributed by atoms with Crippen LogP contribution in [0, 0.1) is 17.2 Å². The van der Waals surface area contributed by atoms with Crippen molar-refractivity contribution in [3.05, 3.63) is 92.7 Å². The summed E-state index contributed by atoms with van der Waals surface area (Å²) in [4.78, 5) is 45.1. The van der Waals surface area contributed by atoms with Crippen LogP contribution in [-0.4, -0.2) is 37.4 Å². The molecule has 2 aromatic heterocycles. The van der Waals surface area contributed by atoms with Gasteiger partial charge in [-0.3, -0.25) is 4.79 Å². The number of benzene rings is 2. The van der Waals surface area contributed by atoms with Gasteiger partial charge in [-0.25, -0.2) is 9.37 Å². The van der Waals surface area contributed by atoms with Crippen molar-refractivity contribution in [2.45, 2.75) is 38.9 Å². The normalized spacial score (nSPS) is 14.0. The summed E-state index contributed by atoms with van der Waals surface area (Å²) in [5, 5.41) is 9.70. The Bertz CT molecular complexity index is 1700. The minimum Gasteiger partial charge on any atom is -0.231 e. The molecule has 1 atom stereocenters. The molecule has 0 unspecified atom stereocenters. The molecule has 0 spiro atoms. The first kappa shape index (κ1) is 27.1. The van der Waals surface area contributed by atoms with Crippen molar-refractivity contribution in [1.82, 2.24) is 30.3 Å². The molecular weight excluding hydrogens is 564 g/mol. The topological polar surface area (TPSA) is 158 Å². The van der Waals surface area contributed by atoms with Crippen LogP contribution >= 0.6 is 0 Å². The Kier molecular flexibility index (Phi) is 7.66. The summed E-state index contributed by atoms with van der Waals surface area (Å²) in [6, 6.07) is 11.3. The first-order valence-electron chi connectivity index (χ1n) is 12.3. The number of carbonyl (C=O) groups is 3.